The number of rotatable bonds is 1. The van der Waals surface area contributed by atoms with Gasteiger partial charge in [-0.2, -0.15) is 0 Å². The van der Waals surface area contributed by atoms with E-state index in [1.54, 1.807) is 7.05 Å². The van der Waals surface area contributed by atoms with E-state index in [0.717, 1.165) is 29.9 Å². The third-order valence-corrected chi connectivity index (χ3v) is 2.07. The lowest BCUT2D eigenvalue weighted by atomic mass is 10.2. The Morgan fingerprint density at radius 1 is 1.60 bits per heavy atom. The largest absolute Gasteiger partial charge is 0.355 e. The zero-order valence-electron chi connectivity index (χ0n) is 5.91. The van der Waals surface area contributed by atoms with Gasteiger partial charge in [-0.1, -0.05) is 11.6 Å². The summed E-state index contributed by atoms with van der Waals surface area (Å²) in [6.07, 6.45) is 2.71. The molecule has 0 saturated heterocycles. The number of likely N-dealkylation sites (N-methyl/N-ethyl adjacent to an activating group) is 1. The van der Waals surface area contributed by atoms with E-state index >= 15 is 0 Å². The van der Waals surface area contributed by atoms with Crippen LogP contribution in [0.5, 0.6) is 0 Å². The predicted molar refractivity (Wildman–Crippen MR) is 40.8 cm³/mol. The minimum atomic E-state index is -0.0255. The standard InChI is InChI=1S/C7H10ClNO/c1-9-7(10)5-3-2-4-6(5)8/h2-4H2,1H3,(H,9,10). The SMILES string of the molecule is CNC(=O)C1=C(Cl)CCC1. The van der Waals surface area contributed by atoms with Gasteiger partial charge in [0.2, 0.25) is 5.91 Å². The molecule has 10 heavy (non-hydrogen) atoms. The average Bonchev–Trinajstić information content (AvgIpc) is 2.34. The fraction of sp³-hybridized carbons (Fsp3) is 0.571. The molecule has 0 aromatic rings. The van der Waals surface area contributed by atoms with Crippen molar-refractivity contribution in [1.29, 1.82) is 0 Å². The number of amides is 1. The van der Waals surface area contributed by atoms with Crippen molar-refractivity contribution in [3.63, 3.8) is 0 Å². The maximum absolute atomic E-state index is 11.0. The maximum atomic E-state index is 11.0. The third kappa shape index (κ3) is 1.32. The average molecular weight is 160 g/mol. The number of nitrogens with one attached hydrogen (secondary N) is 1. The van der Waals surface area contributed by atoms with E-state index in [1.165, 1.54) is 0 Å². The number of hydrogen-bond acceptors (Lipinski definition) is 1. The fourth-order valence-electron chi connectivity index (χ4n) is 1.09. The van der Waals surface area contributed by atoms with Crippen LogP contribution in [-0.2, 0) is 4.79 Å². The van der Waals surface area contributed by atoms with Crippen LogP contribution in [0.1, 0.15) is 19.3 Å². The van der Waals surface area contributed by atoms with Gasteiger partial charge >= 0.3 is 0 Å². The first-order chi connectivity index (χ1) is 4.75. The van der Waals surface area contributed by atoms with Crippen LogP contribution in [0.15, 0.2) is 10.6 Å². The Morgan fingerprint density at radius 2 is 2.30 bits per heavy atom. The van der Waals surface area contributed by atoms with Gasteiger partial charge in [-0.15, -0.1) is 0 Å². The molecule has 2 nitrogen and oxygen atoms in total. The minimum Gasteiger partial charge on any atom is -0.355 e. The van der Waals surface area contributed by atoms with Crippen molar-refractivity contribution in [2.45, 2.75) is 19.3 Å². The summed E-state index contributed by atoms with van der Waals surface area (Å²) < 4.78 is 0. The van der Waals surface area contributed by atoms with E-state index < -0.39 is 0 Å². The monoisotopic (exact) mass is 159 g/mol. The van der Waals surface area contributed by atoms with Crippen LogP contribution in [0.25, 0.3) is 0 Å². The van der Waals surface area contributed by atoms with Crippen molar-refractivity contribution in [2.75, 3.05) is 7.05 Å². The highest BCUT2D eigenvalue weighted by atomic mass is 35.5. The third-order valence-electron chi connectivity index (χ3n) is 1.65. The second-order valence-electron chi connectivity index (χ2n) is 2.32. The molecule has 1 rings (SSSR count). The summed E-state index contributed by atoms with van der Waals surface area (Å²) in [4.78, 5) is 11.0. The molecule has 1 N–H and O–H groups in total. The van der Waals surface area contributed by atoms with Crippen LogP contribution in [0, 0.1) is 0 Å². The molecule has 56 valence electrons. The summed E-state index contributed by atoms with van der Waals surface area (Å²) in [7, 11) is 1.62. The van der Waals surface area contributed by atoms with Gasteiger partial charge in [0.25, 0.3) is 0 Å². The van der Waals surface area contributed by atoms with Crippen molar-refractivity contribution in [3.8, 4) is 0 Å². The molecule has 0 aromatic heterocycles. The van der Waals surface area contributed by atoms with E-state index in [1.807, 2.05) is 0 Å². The molecule has 0 aliphatic heterocycles. The molecule has 0 aromatic carbocycles. The lowest BCUT2D eigenvalue weighted by Gasteiger charge is -1.98. The molecule has 1 aliphatic carbocycles. The lowest BCUT2D eigenvalue weighted by Crippen LogP contribution is -2.19. The van der Waals surface area contributed by atoms with Crippen molar-refractivity contribution in [1.82, 2.24) is 5.32 Å². The Kier molecular flexibility index (Phi) is 2.33. The van der Waals surface area contributed by atoms with Crippen LogP contribution < -0.4 is 5.32 Å². The molecule has 3 heteroatoms. The molecule has 0 spiro atoms. The van der Waals surface area contributed by atoms with Gasteiger partial charge in [0.1, 0.15) is 0 Å². The van der Waals surface area contributed by atoms with Crippen LogP contribution in [0.4, 0.5) is 0 Å². The Balaban J connectivity index is 2.71. The number of allylic oxidation sites excluding steroid dienone is 1. The number of carbonyl (C=O) groups excluding carboxylic acids is 1. The smallest absolute Gasteiger partial charge is 0.248 e. The van der Waals surface area contributed by atoms with Gasteiger partial charge in [0.15, 0.2) is 0 Å². The molecule has 0 unspecified atom stereocenters. The summed E-state index contributed by atoms with van der Waals surface area (Å²) in [5.74, 6) is -0.0255. The van der Waals surface area contributed by atoms with Gasteiger partial charge < -0.3 is 5.32 Å². The molecule has 1 aliphatic rings. The molecule has 0 fully saturated rings. The summed E-state index contributed by atoms with van der Waals surface area (Å²) >= 11 is 5.77. The van der Waals surface area contributed by atoms with Crippen molar-refractivity contribution >= 4 is 17.5 Å². The normalized spacial score (nSPS) is 17.8. The first kappa shape index (κ1) is 7.61. The van der Waals surface area contributed by atoms with E-state index in [-0.39, 0.29) is 5.91 Å². The Bertz CT molecular complexity index is 186. The van der Waals surface area contributed by atoms with Crippen LogP contribution in [0.3, 0.4) is 0 Å². The second-order valence-corrected chi connectivity index (χ2v) is 2.77. The highest BCUT2D eigenvalue weighted by Crippen LogP contribution is 2.28. The zero-order chi connectivity index (χ0) is 7.56. The lowest BCUT2D eigenvalue weighted by molar-refractivity contribution is -0.117. The summed E-state index contributed by atoms with van der Waals surface area (Å²) in [5.41, 5.74) is 0.768. The van der Waals surface area contributed by atoms with E-state index in [2.05, 4.69) is 5.32 Å². The fourth-order valence-corrected chi connectivity index (χ4v) is 1.41. The molecule has 0 saturated carbocycles. The molecular weight excluding hydrogens is 150 g/mol. The van der Waals surface area contributed by atoms with Crippen LogP contribution in [0.2, 0.25) is 0 Å². The Morgan fingerprint density at radius 3 is 2.70 bits per heavy atom. The Hall–Kier alpha value is -0.500. The van der Waals surface area contributed by atoms with Crippen molar-refractivity contribution in [3.05, 3.63) is 10.6 Å². The molecule has 0 bridgehead atoms. The van der Waals surface area contributed by atoms with Crippen LogP contribution in [-0.4, -0.2) is 13.0 Å². The Labute approximate surface area is 65.2 Å². The molecule has 1 amide bonds. The minimum absolute atomic E-state index is 0.0255. The van der Waals surface area contributed by atoms with E-state index in [4.69, 9.17) is 11.6 Å². The highest BCUT2D eigenvalue weighted by Gasteiger charge is 2.17. The first-order valence-corrected chi connectivity index (χ1v) is 3.73. The summed E-state index contributed by atoms with van der Waals surface area (Å²) in [6, 6.07) is 0. The molecule has 0 atom stereocenters. The van der Waals surface area contributed by atoms with Crippen molar-refractivity contribution < 1.29 is 4.79 Å². The molecule has 0 heterocycles. The van der Waals surface area contributed by atoms with Crippen LogP contribution >= 0.6 is 11.6 Å². The zero-order valence-corrected chi connectivity index (χ0v) is 6.66. The summed E-state index contributed by atoms with van der Waals surface area (Å²) in [5, 5.41) is 3.29. The van der Waals surface area contributed by atoms with Gasteiger partial charge in [-0.05, 0) is 19.3 Å². The number of halogens is 1. The van der Waals surface area contributed by atoms with E-state index in [0.29, 0.717) is 0 Å². The van der Waals surface area contributed by atoms with Gasteiger partial charge in [-0.25, -0.2) is 0 Å². The quantitative estimate of drug-likeness (QED) is 0.616. The predicted octanol–water partition coefficient (Wildman–Crippen LogP) is 1.41. The van der Waals surface area contributed by atoms with Gasteiger partial charge in [-0.3, -0.25) is 4.79 Å². The number of carbonyl (C=O) groups is 1. The van der Waals surface area contributed by atoms with E-state index in [9.17, 15) is 4.79 Å². The first-order valence-electron chi connectivity index (χ1n) is 3.35. The summed E-state index contributed by atoms with van der Waals surface area (Å²) in [6.45, 7) is 0. The number of hydrogen-bond donors (Lipinski definition) is 1. The van der Waals surface area contributed by atoms with Gasteiger partial charge in [0.05, 0.1) is 0 Å². The van der Waals surface area contributed by atoms with Crippen molar-refractivity contribution in [2.24, 2.45) is 0 Å². The highest BCUT2D eigenvalue weighted by molar-refractivity contribution is 6.32. The topological polar surface area (TPSA) is 29.1 Å². The van der Waals surface area contributed by atoms with Gasteiger partial charge in [0, 0.05) is 17.7 Å². The second kappa shape index (κ2) is 3.06. The maximum Gasteiger partial charge on any atom is 0.248 e. The molecular formula is C7H10ClNO. The molecule has 0 radical (unpaired) electrons.